The zero-order chi connectivity index (χ0) is 19.7. The number of carbonyl (C=O) groups excluding carboxylic acids is 1. The van der Waals surface area contributed by atoms with Crippen LogP contribution in [0, 0.1) is 6.92 Å². The Balaban J connectivity index is 1.65. The van der Waals surface area contributed by atoms with Crippen LogP contribution in [0.25, 0.3) is 16.9 Å². The van der Waals surface area contributed by atoms with Gasteiger partial charge in [-0.25, -0.2) is 0 Å². The first-order valence-electron chi connectivity index (χ1n) is 9.24. The Labute approximate surface area is 163 Å². The number of hydrogen-bond acceptors (Lipinski definition) is 4. The van der Waals surface area contributed by atoms with E-state index in [4.69, 9.17) is 0 Å². The van der Waals surface area contributed by atoms with E-state index >= 15 is 0 Å². The van der Waals surface area contributed by atoms with Crippen LogP contribution in [-0.2, 0) is 6.54 Å². The lowest BCUT2D eigenvalue weighted by molar-refractivity contribution is 0.0952. The highest BCUT2D eigenvalue weighted by molar-refractivity contribution is 6.02. The molecule has 0 spiro atoms. The second kappa shape index (κ2) is 7.26. The van der Waals surface area contributed by atoms with Crippen molar-refractivity contribution in [3.8, 4) is 11.4 Å². The fourth-order valence-corrected chi connectivity index (χ4v) is 3.07. The number of amides is 1. The molecule has 4 aromatic rings. The van der Waals surface area contributed by atoms with Gasteiger partial charge in [0.05, 0.1) is 40.9 Å². The van der Waals surface area contributed by atoms with Gasteiger partial charge >= 0.3 is 0 Å². The molecule has 7 heteroatoms. The average Bonchev–Trinajstić information content (AvgIpc) is 3.32. The smallest absolute Gasteiger partial charge is 0.253 e. The Hall–Kier alpha value is -3.48. The molecule has 0 aliphatic heterocycles. The number of nitrogens with one attached hydrogen (secondary N) is 1. The van der Waals surface area contributed by atoms with Crippen LogP contribution in [-0.4, -0.2) is 30.1 Å². The lowest BCUT2D eigenvalue weighted by Crippen LogP contribution is -2.23. The van der Waals surface area contributed by atoms with Gasteiger partial charge < -0.3 is 9.72 Å². The van der Waals surface area contributed by atoms with E-state index in [-0.39, 0.29) is 11.9 Å². The van der Waals surface area contributed by atoms with Crippen molar-refractivity contribution in [2.24, 2.45) is 0 Å². The molecule has 4 rings (SSSR count). The third-order valence-corrected chi connectivity index (χ3v) is 4.59. The topological polar surface area (TPSA) is 77.1 Å². The summed E-state index contributed by atoms with van der Waals surface area (Å²) >= 11 is 0. The van der Waals surface area contributed by atoms with Crippen molar-refractivity contribution in [3.63, 3.8) is 0 Å². The number of aromatic nitrogens is 5. The first-order valence-corrected chi connectivity index (χ1v) is 9.24. The Bertz CT molecular complexity index is 1120. The van der Waals surface area contributed by atoms with Crippen molar-refractivity contribution >= 4 is 11.4 Å². The van der Waals surface area contributed by atoms with Gasteiger partial charge in [0.15, 0.2) is 0 Å². The molecule has 142 valence electrons. The SMILES string of the molecule is Cc1cnc(CNC(=O)c2cc(-c3ccn(C(C)C)n3)n3ccccc23)cn1. The van der Waals surface area contributed by atoms with E-state index in [1.807, 2.05) is 58.7 Å². The predicted octanol–water partition coefficient (Wildman–Crippen LogP) is 3.41. The lowest BCUT2D eigenvalue weighted by atomic mass is 10.2. The summed E-state index contributed by atoms with van der Waals surface area (Å²) in [6.45, 7) is 6.37. The van der Waals surface area contributed by atoms with Crippen LogP contribution in [0.2, 0.25) is 0 Å². The maximum Gasteiger partial charge on any atom is 0.253 e. The van der Waals surface area contributed by atoms with E-state index in [0.717, 1.165) is 28.3 Å². The molecular weight excluding hydrogens is 352 g/mol. The predicted molar refractivity (Wildman–Crippen MR) is 107 cm³/mol. The molecule has 28 heavy (non-hydrogen) atoms. The molecule has 0 radical (unpaired) electrons. The normalized spacial score (nSPS) is 11.3. The van der Waals surface area contributed by atoms with E-state index in [1.54, 1.807) is 12.4 Å². The first-order chi connectivity index (χ1) is 13.5. The molecule has 4 heterocycles. The lowest BCUT2D eigenvalue weighted by Gasteiger charge is -2.04. The molecule has 0 unspecified atom stereocenters. The maximum atomic E-state index is 12.9. The molecule has 1 amide bonds. The van der Waals surface area contributed by atoms with Gasteiger partial charge in [0.25, 0.3) is 5.91 Å². The van der Waals surface area contributed by atoms with Crippen LogP contribution in [0.5, 0.6) is 0 Å². The van der Waals surface area contributed by atoms with Crippen LogP contribution >= 0.6 is 0 Å². The molecule has 0 aromatic carbocycles. The van der Waals surface area contributed by atoms with E-state index in [9.17, 15) is 4.79 Å². The van der Waals surface area contributed by atoms with Gasteiger partial charge in [-0.05, 0) is 45.0 Å². The molecule has 0 saturated carbocycles. The maximum absolute atomic E-state index is 12.9. The monoisotopic (exact) mass is 374 g/mol. The fourth-order valence-electron chi connectivity index (χ4n) is 3.07. The van der Waals surface area contributed by atoms with Gasteiger partial charge in [0.2, 0.25) is 0 Å². The van der Waals surface area contributed by atoms with Crippen molar-refractivity contribution in [2.45, 2.75) is 33.4 Å². The number of nitrogens with zero attached hydrogens (tertiary/aromatic N) is 5. The minimum atomic E-state index is -0.152. The summed E-state index contributed by atoms with van der Waals surface area (Å²) in [5.41, 5.74) is 4.73. The van der Waals surface area contributed by atoms with Crippen molar-refractivity contribution in [2.75, 3.05) is 0 Å². The van der Waals surface area contributed by atoms with E-state index < -0.39 is 0 Å². The molecule has 0 aliphatic carbocycles. The average molecular weight is 374 g/mol. The molecule has 0 aliphatic rings. The van der Waals surface area contributed by atoms with Crippen molar-refractivity contribution in [1.29, 1.82) is 0 Å². The van der Waals surface area contributed by atoms with Crippen molar-refractivity contribution < 1.29 is 4.79 Å². The van der Waals surface area contributed by atoms with Crippen LogP contribution in [0.1, 0.15) is 41.6 Å². The van der Waals surface area contributed by atoms with Crippen LogP contribution in [0.3, 0.4) is 0 Å². The van der Waals surface area contributed by atoms with Crippen LogP contribution < -0.4 is 5.32 Å². The van der Waals surface area contributed by atoms with Gasteiger partial charge in [-0.15, -0.1) is 0 Å². The number of hydrogen-bond donors (Lipinski definition) is 1. The molecule has 0 atom stereocenters. The Morgan fingerprint density at radius 3 is 2.71 bits per heavy atom. The Kier molecular flexibility index (Phi) is 4.65. The highest BCUT2D eigenvalue weighted by Crippen LogP contribution is 2.25. The molecular formula is C21H22N6O. The largest absolute Gasteiger partial charge is 0.346 e. The number of carbonyl (C=O) groups is 1. The highest BCUT2D eigenvalue weighted by atomic mass is 16.1. The third-order valence-electron chi connectivity index (χ3n) is 4.59. The number of fused-ring (bicyclic) bond motifs is 1. The quantitative estimate of drug-likeness (QED) is 0.581. The first kappa shape index (κ1) is 17.9. The zero-order valence-electron chi connectivity index (χ0n) is 16.1. The highest BCUT2D eigenvalue weighted by Gasteiger charge is 2.18. The molecule has 0 fully saturated rings. The fraction of sp³-hybridized carbons (Fsp3) is 0.238. The van der Waals surface area contributed by atoms with E-state index in [0.29, 0.717) is 12.1 Å². The molecule has 1 N–H and O–H groups in total. The van der Waals surface area contributed by atoms with Gasteiger partial charge in [0.1, 0.15) is 5.69 Å². The van der Waals surface area contributed by atoms with Crippen LogP contribution in [0.4, 0.5) is 0 Å². The Morgan fingerprint density at radius 1 is 1.14 bits per heavy atom. The Morgan fingerprint density at radius 2 is 2.00 bits per heavy atom. The summed E-state index contributed by atoms with van der Waals surface area (Å²) in [6, 6.07) is 9.94. The molecule has 0 saturated heterocycles. The summed E-state index contributed by atoms with van der Waals surface area (Å²) in [7, 11) is 0. The van der Waals surface area contributed by atoms with Gasteiger partial charge in [-0.2, -0.15) is 5.10 Å². The van der Waals surface area contributed by atoms with Gasteiger partial charge in [-0.1, -0.05) is 6.07 Å². The number of pyridine rings is 1. The molecule has 0 bridgehead atoms. The second-order valence-electron chi connectivity index (χ2n) is 7.01. The van der Waals surface area contributed by atoms with E-state index in [1.165, 1.54) is 0 Å². The summed E-state index contributed by atoms with van der Waals surface area (Å²) in [5.74, 6) is -0.152. The molecule has 4 aromatic heterocycles. The number of aryl methyl sites for hydroxylation is 1. The third kappa shape index (κ3) is 3.38. The summed E-state index contributed by atoms with van der Waals surface area (Å²) in [4.78, 5) is 21.4. The van der Waals surface area contributed by atoms with Gasteiger partial charge in [-0.3, -0.25) is 19.4 Å². The second-order valence-corrected chi connectivity index (χ2v) is 7.01. The number of rotatable bonds is 5. The standard InChI is InChI=1S/C21H22N6O/c1-14(2)27-9-7-18(25-27)20-10-17(19-6-4-5-8-26(19)20)21(28)24-13-16-12-22-15(3)11-23-16/h4-12,14H,13H2,1-3H3,(H,24,28). The minimum absolute atomic E-state index is 0.152. The molecule has 7 nitrogen and oxygen atoms in total. The van der Waals surface area contributed by atoms with Crippen molar-refractivity contribution in [1.82, 2.24) is 29.5 Å². The van der Waals surface area contributed by atoms with Crippen LogP contribution in [0.15, 0.2) is 55.1 Å². The van der Waals surface area contributed by atoms with Gasteiger partial charge in [0, 0.05) is 24.6 Å². The summed E-state index contributed by atoms with van der Waals surface area (Å²) < 4.78 is 3.90. The summed E-state index contributed by atoms with van der Waals surface area (Å²) in [5, 5.41) is 7.59. The summed E-state index contributed by atoms with van der Waals surface area (Å²) in [6.07, 6.45) is 7.27. The zero-order valence-corrected chi connectivity index (χ0v) is 16.1. The van der Waals surface area contributed by atoms with E-state index in [2.05, 4.69) is 34.2 Å². The van der Waals surface area contributed by atoms with Crippen molar-refractivity contribution in [3.05, 3.63) is 72.1 Å². The minimum Gasteiger partial charge on any atom is -0.346 e.